The van der Waals surface area contributed by atoms with Crippen molar-refractivity contribution < 1.29 is 4.79 Å². The number of aromatic nitrogens is 2. The third-order valence-electron chi connectivity index (χ3n) is 6.92. The second-order valence-corrected chi connectivity index (χ2v) is 8.98. The fraction of sp³-hybridized carbons (Fsp3) is 0.269. The van der Waals surface area contributed by atoms with E-state index in [9.17, 15) is 4.79 Å². The highest BCUT2D eigenvalue weighted by atomic mass is 16.2. The number of carbonyl (C=O) groups excluding carboxylic acids is 1. The van der Waals surface area contributed by atoms with Crippen molar-refractivity contribution >= 4 is 12.1 Å². The topological polar surface area (TPSA) is 59.3 Å². The number of allylic oxidation sites excluding steroid dienone is 2. The van der Waals surface area contributed by atoms with E-state index in [-0.39, 0.29) is 5.91 Å². The maximum atomic E-state index is 13.0. The minimum absolute atomic E-state index is 0.264. The van der Waals surface area contributed by atoms with Gasteiger partial charge in [0.2, 0.25) is 0 Å². The van der Waals surface area contributed by atoms with E-state index in [4.69, 9.17) is 5.10 Å². The van der Waals surface area contributed by atoms with Crippen LogP contribution in [0.1, 0.15) is 37.0 Å². The molecule has 1 aromatic heterocycles. The van der Waals surface area contributed by atoms with Gasteiger partial charge in [-0.2, -0.15) is 10.2 Å². The summed E-state index contributed by atoms with van der Waals surface area (Å²) in [5.74, 6) is 1.05. The van der Waals surface area contributed by atoms with Crippen LogP contribution in [0, 0.1) is 17.3 Å². The van der Waals surface area contributed by atoms with E-state index in [1.54, 1.807) is 10.9 Å². The van der Waals surface area contributed by atoms with Crippen LogP contribution in [0.5, 0.6) is 0 Å². The highest BCUT2D eigenvalue weighted by molar-refractivity contribution is 6.00. The van der Waals surface area contributed by atoms with Gasteiger partial charge in [0.05, 0.1) is 17.5 Å². The van der Waals surface area contributed by atoms with Crippen LogP contribution in [-0.4, -0.2) is 21.9 Å². The summed E-state index contributed by atoms with van der Waals surface area (Å²) in [6, 6.07) is 19.5. The molecule has 0 saturated heterocycles. The summed E-state index contributed by atoms with van der Waals surface area (Å²) in [6.45, 7) is 4.66. The molecule has 0 aliphatic heterocycles. The Bertz CT molecular complexity index is 1160. The van der Waals surface area contributed by atoms with Crippen LogP contribution < -0.4 is 5.43 Å². The summed E-state index contributed by atoms with van der Waals surface area (Å²) in [5.41, 5.74) is 7.21. The van der Waals surface area contributed by atoms with Gasteiger partial charge < -0.3 is 0 Å². The number of benzene rings is 2. The summed E-state index contributed by atoms with van der Waals surface area (Å²) < 4.78 is 1.74. The number of amides is 1. The molecule has 0 radical (unpaired) electrons. The van der Waals surface area contributed by atoms with Gasteiger partial charge in [0.25, 0.3) is 5.91 Å². The monoisotopic (exact) mass is 410 g/mol. The van der Waals surface area contributed by atoms with Crippen molar-refractivity contribution in [3.63, 3.8) is 0 Å². The molecule has 5 nitrogen and oxygen atoms in total. The first-order valence-corrected chi connectivity index (χ1v) is 10.8. The SMILES string of the molecule is CC1(C)[C@@H]2CC=C(/C=N\NC(=O)c3cn(-c4ccccc4)nc3-c3ccccc3)[C@H]1C2. The van der Waals surface area contributed by atoms with Crippen molar-refractivity contribution in [2.45, 2.75) is 26.7 Å². The Morgan fingerprint density at radius 3 is 2.52 bits per heavy atom. The molecule has 3 aliphatic rings. The van der Waals surface area contributed by atoms with Crippen LogP contribution in [-0.2, 0) is 0 Å². The average molecular weight is 411 g/mol. The Balaban J connectivity index is 1.40. The van der Waals surface area contributed by atoms with Crippen LogP contribution >= 0.6 is 0 Å². The lowest BCUT2D eigenvalue weighted by Gasteiger charge is -2.55. The van der Waals surface area contributed by atoms with Crippen molar-refractivity contribution in [2.75, 3.05) is 0 Å². The molecular weight excluding hydrogens is 384 g/mol. The summed E-state index contributed by atoms with van der Waals surface area (Å²) in [7, 11) is 0. The van der Waals surface area contributed by atoms with Crippen LogP contribution in [0.15, 0.2) is 83.6 Å². The summed E-state index contributed by atoms with van der Waals surface area (Å²) >= 11 is 0. The number of fused-ring (bicyclic) bond motifs is 1. The zero-order chi connectivity index (χ0) is 21.4. The minimum Gasteiger partial charge on any atom is -0.267 e. The van der Waals surface area contributed by atoms with E-state index in [2.05, 4.69) is 30.5 Å². The normalized spacial score (nSPS) is 21.4. The molecule has 31 heavy (non-hydrogen) atoms. The second kappa shape index (κ2) is 7.65. The predicted molar refractivity (Wildman–Crippen MR) is 123 cm³/mol. The number of para-hydroxylation sites is 1. The number of rotatable bonds is 5. The maximum Gasteiger partial charge on any atom is 0.275 e. The van der Waals surface area contributed by atoms with Gasteiger partial charge in [-0.25, -0.2) is 10.1 Å². The molecule has 0 unspecified atom stereocenters. The summed E-state index contributed by atoms with van der Waals surface area (Å²) in [6.07, 6.45) is 8.18. The van der Waals surface area contributed by atoms with Crippen molar-refractivity contribution in [1.29, 1.82) is 0 Å². The summed E-state index contributed by atoms with van der Waals surface area (Å²) in [5, 5.41) is 9.00. The van der Waals surface area contributed by atoms with Gasteiger partial charge in [0.15, 0.2) is 0 Å². The Labute approximate surface area is 182 Å². The van der Waals surface area contributed by atoms with Crippen LogP contribution in [0.25, 0.3) is 16.9 Å². The number of hydrogen-bond donors (Lipinski definition) is 1. The molecule has 1 heterocycles. The minimum atomic E-state index is -0.264. The molecule has 2 atom stereocenters. The molecule has 2 aromatic carbocycles. The fourth-order valence-corrected chi connectivity index (χ4v) is 4.83. The van der Waals surface area contributed by atoms with Gasteiger partial charge in [-0.15, -0.1) is 0 Å². The first-order valence-electron chi connectivity index (χ1n) is 10.8. The number of hydrogen-bond acceptors (Lipinski definition) is 3. The van der Waals surface area contributed by atoms with Gasteiger partial charge in [-0.05, 0) is 47.8 Å². The molecule has 5 heteroatoms. The molecule has 1 fully saturated rings. The first kappa shape index (κ1) is 19.5. The van der Waals surface area contributed by atoms with Crippen LogP contribution in [0.3, 0.4) is 0 Å². The molecule has 1 N–H and O–H groups in total. The van der Waals surface area contributed by atoms with E-state index in [0.717, 1.165) is 23.6 Å². The summed E-state index contributed by atoms with van der Waals surface area (Å²) in [4.78, 5) is 13.0. The van der Waals surface area contributed by atoms with Crippen molar-refractivity contribution in [2.24, 2.45) is 22.4 Å². The van der Waals surface area contributed by atoms with Crippen molar-refractivity contribution in [3.8, 4) is 16.9 Å². The van der Waals surface area contributed by atoms with E-state index >= 15 is 0 Å². The van der Waals surface area contributed by atoms with Gasteiger partial charge >= 0.3 is 0 Å². The largest absolute Gasteiger partial charge is 0.275 e. The van der Waals surface area contributed by atoms with Gasteiger partial charge in [-0.1, -0.05) is 68.5 Å². The smallest absolute Gasteiger partial charge is 0.267 e. The van der Waals surface area contributed by atoms with E-state index < -0.39 is 0 Å². The Hall–Kier alpha value is -3.47. The Kier molecular flexibility index (Phi) is 4.81. The number of nitrogens with one attached hydrogen (secondary N) is 1. The van der Waals surface area contributed by atoms with E-state index in [0.29, 0.717) is 22.6 Å². The van der Waals surface area contributed by atoms with Crippen LogP contribution in [0.2, 0.25) is 0 Å². The molecule has 6 rings (SSSR count). The van der Waals surface area contributed by atoms with Gasteiger partial charge in [0.1, 0.15) is 5.69 Å². The number of nitrogens with zero attached hydrogens (tertiary/aromatic N) is 3. The lowest BCUT2D eigenvalue weighted by Crippen LogP contribution is -2.48. The molecule has 1 amide bonds. The third-order valence-corrected chi connectivity index (χ3v) is 6.92. The molecule has 2 bridgehead atoms. The predicted octanol–water partition coefficient (Wildman–Crippen LogP) is 5.25. The molecule has 0 spiro atoms. The first-order chi connectivity index (χ1) is 15.0. The lowest BCUT2D eigenvalue weighted by molar-refractivity contribution is -0.00126. The second-order valence-electron chi connectivity index (χ2n) is 8.98. The maximum absolute atomic E-state index is 13.0. The molecule has 156 valence electrons. The van der Waals surface area contributed by atoms with Gasteiger partial charge in [-0.3, -0.25) is 4.79 Å². The lowest BCUT2D eigenvalue weighted by atomic mass is 9.49. The van der Waals surface area contributed by atoms with Crippen molar-refractivity contribution in [1.82, 2.24) is 15.2 Å². The highest BCUT2D eigenvalue weighted by Crippen LogP contribution is 2.58. The zero-order valence-electron chi connectivity index (χ0n) is 17.8. The number of carbonyl (C=O) groups is 1. The van der Waals surface area contributed by atoms with E-state index in [1.807, 2.05) is 66.9 Å². The van der Waals surface area contributed by atoms with Crippen LogP contribution in [0.4, 0.5) is 0 Å². The molecule has 3 aromatic rings. The number of hydrazone groups is 1. The van der Waals surface area contributed by atoms with E-state index in [1.165, 1.54) is 12.0 Å². The van der Waals surface area contributed by atoms with Gasteiger partial charge in [0, 0.05) is 11.8 Å². The Morgan fingerprint density at radius 1 is 1.13 bits per heavy atom. The molecule has 3 aliphatic carbocycles. The molecule has 1 saturated carbocycles. The average Bonchev–Trinajstić information content (AvgIpc) is 3.26. The Morgan fingerprint density at radius 2 is 1.84 bits per heavy atom. The molecular formula is C26H26N4O. The zero-order valence-corrected chi connectivity index (χ0v) is 17.8. The third kappa shape index (κ3) is 3.50. The quantitative estimate of drug-likeness (QED) is 0.461. The highest BCUT2D eigenvalue weighted by Gasteiger charge is 2.50. The van der Waals surface area contributed by atoms with Crippen molar-refractivity contribution in [3.05, 3.63) is 84.1 Å². The fourth-order valence-electron chi connectivity index (χ4n) is 4.83. The standard InChI is InChI=1S/C26H26N4O/c1-26(2)20-14-13-19(23(26)15-20)16-27-28-25(31)22-17-30(21-11-7-4-8-12-21)29-24(22)18-9-5-3-6-10-18/h3-13,16-17,20,23H,14-15H2,1-2H3,(H,28,31)/b27-16-/t20-,23-/m1/s1.